The van der Waals surface area contributed by atoms with Gasteiger partial charge in [0, 0.05) is 18.8 Å². The predicted octanol–water partition coefficient (Wildman–Crippen LogP) is -0.566. The summed E-state index contributed by atoms with van der Waals surface area (Å²) in [5.41, 5.74) is 3.84. The first kappa shape index (κ1) is 15.0. The lowest BCUT2D eigenvalue weighted by atomic mass is 10.0. The van der Waals surface area contributed by atoms with Gasteiger partial charge in [-0.15, -0.1) is 0 Å². The Hall–Kier alpha value is -2.05. The number of carbonyl (C=O) groups excluding carboxylic acids is 1. The normalized spacial score (nSPS) is 11.4. The van der Waals surface area contributed by atoms with Crippen molar-refractivity contribution in [1.29, 1.82) is 0 Å². The minimum absolute atomic E-state index is 0.0651. The molecule has 0 atom stereocenters. The SMILES string of the molecule is CCC(C)(C)NC(=O)Cn1c(=O)c(N)cn(C)c1=O. The maximum atomic E-state index is 11.9. The molecule has 0 aliphatic heterocycles. The van der Waals surface area contributed by atoms with E-state index in [-0.39, 0.29) is 17.8 Å². The van der Waals surface area contributed by atoms with Crippen molar-refractivity contribution in [2.45, 2.75) is 39.3 Å². The van der Waals surface area contributed by atoms with Crippen LogP contribution in [0.25, 0.3) is 0 Å². The lowest BCUT2D eigenvalue weighted by Crippen LogP contribution is -2.48. The van der Waals surface area contributed by atoms with Gasteiger partial charge in [-0.3, -0.25) is 9.59 Å². The van der Waals surface area contributed by atoms with E-state index in [1.165, 1.54) is 17.8 Å². The molecule has 7 nitrogen and oxygen atoms in total. The number of nitrogens with zero attached hydrogens (tertiary/aromatic N) is 2. The third-order valence-corrected chi connectivity index (χ3v) is 3.02. The topological polar surface area (TPSA) is 99.1 Å². The molecule has 1 rings (SSSR count). The van der Waals surface area contributed by atoms with E-state index in [4.69, 9.17) is 5.73 Å². The third kappa shape index (κ3) is 3.46. The van der Waals surface area contributed by atoms with Gasteiger partial charge < -0.3 is 15.6 Å². The molecule has 0 fully saturated rings. The Kier molecular flexibility index (Phi) is 4.18. The summed E-state index contributed by atoms with van der Waals surface area (Å²) in [6.45, 7) is 5.34. The van der Waals surface area contributed by atoms with Crippen LogP contribution >= 0.6 is 0 Å². The van der Waals surface area contributed by atoms with Crippen LogP contribution in [0, 0.1) is 0 Å². The van der Waals surface area contributed by atoms with E-state index in [0.29, 0.717) is 0 Å². The lowest BCUT2D eigenvalue weighted by molar-refractivity contribution is -0.123. The number of nitrogens with two attached hydrogens (primary N) is 1. The highest BCUT2D eigenvalue weighted by molar-refractivity contribution is 5.76. The number of carbonyl (C=O) groups is 1. The molecule has 0 unspecified atom stereocenters. The number of rotatable bonds is 4. The summed E-state index contributed by atoms with van der Waals surface area (Å²) in [7, 11) is 1.47. The summed E-state index contributed by atoms with van der Waals surface area (Å²) in [6, 6.07) is 0. The van der Waals surface area contributed by atoms with Crippen LogP contribution in [0.5, 0.6) is 0 Å². The smallest absolute Gasteiger partial charge is 0.331 e. The maximum Gasteiger partial charge on any atom is 0.331 e. The van der Waals surface area contributed by atoms with E-state index in [9.17, 15) is 14.4 Å². The minimum Gasteiger partial charge on any atom is -0.393 e. The van der Waals surface area contributed by atoms with Crippen molar-refractivity contribution in [3.8, 4) is 0 Å². The second-order valence-corrected chi connectivity index (χ2v) is 5.15. The zero-order chi connectivity index (χ0) is 14.8. The van der Waals surface area contributed by atoms with E-state index in [1.807, 2.05) is 20.8 Å². The predicted molar refractivity (Wildman–Crippen MR) is 72.9 cm³/mol. The summed E-state index contributed by atoms with van der Waals surface area (Å²) in [5.74, 6) is -0.392. The average Bonchev–Trinajstić information content (AvgIpc) is 2.31. The molecular formula is C12H20N4O3. The molecule has 0 saturated heterocycles. The fraction of sp³-hybridized carbons (Fsp3) is 0.583. The highest BCUT2D eigenvalue weighted by atomic mass is 16.2. The largest absolute Gasteiger partial charge is 0.393 e. The van der Waals surface area contributed by atoms with Gasteiger partial charge in [0.05, 0.1) is 0 Å². The van der Waals surface area contributed by atoms with Gasteiger partial charge in [-0.05, 0) is 20.3 Å². The molecule has 106 valence electrons. The zero-order valence-corrected chi connectivity index (χ0v) is 11.7. The molecule has 7 heteroatoms. The van der Waals surface area contributed by atoms with Gasteiger partial charge in [0.25, 0.3) is 5.56 Å². The first-order chi connectivity index (χ1) is 8.68. The van der Waals surface area contributed by atoms with E-state index in [1.54, 1.807) is 0 Å². The molecule has 0 aliphatic carbocycles. The molecule has 1 heterocycles. The van der Waals surface area contributed by atoms with E-state index in [0.717, 1.165) is 11.0 Å². The Bertz CT molecular complexity index is 564. The Labute approximate surface area is 111 Å². The van der Waals surface area contributed by atoms with Crippen molar-refractivity contribution in [3.63, 3.8) is 0 Å². The van der Waals surface area contributed by atoms with Gasteiger partial charge >= 0.3 is 5.69 Å². The quantitative estimate of drug-likeness (QED) is 0.764. The van der Waals surface area contributed by atoms with Crippen molar-refractivity contribution < 1.29 is 4.79 Å². The number of nitrogens with one attached hydrogen (secondary N) is 1. The van der Waals surface area contributed by atoms with Crippen molar-refractivity contribution >= 4 is 11.6 Å². The number of hydrogen-bond donors (Lipinski definition) is 2. The van der Waals surface area contributed by atoms with Crippen molar-refractivity contribution in [2.24, 2.45) is 7.05 Å². The molecule has 0 aliphatic rings. The molecular weight excluding hydrogens is 248 g/mol. The summed E-state index contributed by atoms with van der Waals surface area (Å²) in [4.78, 5) is 35.4. The molecule has 1 amide bonds. The number of nitrogen functional groups attached to an aromatic ring is 1. The van der Waals surface area contributed by atoms with Crippen LogP contribution in [-0.2, 0) is 18.4 Å². The number of anilines is 1. The molecule has 0 radical (unpaired) electrons. The van der Waals surface area contributed by atoms with Crippen LogP contribution in [0.3, 0.4) is 0 Å². The highest BCUT2D eigenvalue weighted by Gasteiger charge is 2.19. The van der Waals surface area contributed by atoms with Gasteiger partial charge in [0.1, 0.15) is 12.2 Å². The fourth-order valence-electron chi connectivity index (χ4n) is 1.54. The Morgan fingerprint density at radius 2 is 2.00 bits per heavy atom. The molecule has 1 aromatic heterocycles. The average molecular weight is 268 g/mol. The molecule has 0 bridgehead atoms. The van der Waals surface area contributed by atoms with Gasteiger partial charge in [0.2, 0.25) is 5.91 Å². The summed E-state index contributed by atoms with van der Waals surface area (Å²) >= 11 is 0. The number of amides is 1. The second kappa shape index (κ2) is 5.29. The van der Waals surface area contributed by atoms with E-state index >= 15 is 0 Å². The van der Waals surface area contributed by atoms with Gasteiger partial charge in [-0.25, -0.2) is 9.36 Å². The Morgan fingerprint density at radius 1 is 1.42 bits per heavy atom. The summed E-state index contributed by atoms with van der Waals surface area (Å²) in [5, 5.41) is 2.76. The fourth-order valence-corrected chi connectivity index (χ4v) is 1.54. The van der Waals surface area contributed by atoms with Crippen molar-refractivity contribution in [2.75, 3.05) is 5.73 Å². The molecule has 19 heavy (non-hydrogen) atoms. The number of hydrogen-bond acceptors (Lipinski definition) is 4. The molecule has 0 spiro atoms. The van der Waals surface area contributed by atoms with Gasteiger partial charge in [-0.1, -0.05) is 6.92 Å². The first-order valence-electron chi connectivity index (χ1n) is 6.05. The third-order valence-electron chi connectivity index (χ3n) is 3.02. The number of aromatic nitrogens is 2. The van der Waals surface area contributed by atoms with E-state index < -0.39 is 17.2 Å². The van der Waals surface area contributed by atoms with Crippen LogP contribution in [0.1, 0.15) is 27.2 Å². The van der Waals surface area contributed by atoms with Crippen LogP contribution in [0.15, 0.2) is 15.8 Å². The highest BCUT2D eigenvalue weighted by Crippen LogP contribution is 2.06. The van der Waals surface area contributed by atoms with Gasteiger partial charge in [-0.2, -0.15) is 0 Å². The monoisotopic (exact) mass is 268 g/mol. The number of aryl methyl sites for hydroxylation is 1. The van der Waals surface area contributed by atoms with Crippen LogP contribution < -0.4 is 22.3 Å². The van der Waals surface area contributed by atoms with Crippen LogP contribution in [0.4, 0.5) is 5.69 Å². The summed E-state index contributed by atoms with van der Waals surface area (Å²) in [6.07, 6.45) is 1.98. The van der Waals surface area contributed by atoms with Gasteiger partial charge in [0.15, 0.2) is 0 Å². The minimum atomic E-state index is -0.646. The molecule has 3 N–H and O–H groups in total. The van der Waals surface area contributed by atoms with Crippen molar-refractivity contribution in [3.05, 3.63) is 27.0 Å². The molecule has 0 aromatic carbocycles. The summed E-state index contributed by atoms with van der Waals surface area (Å²) < 4.78 is 2.01. The maximum absolute atomic E-state index is 11.9. The Balaban J connectivity index is 3.05. The van der Waals surface area contributed by atoms with Crippen molar-refractivity contribution in [1.82, 2.24) is 14.5 Å². The van der Waals surface area contributed by atoms with Crippen LogP contribution in [0.2, 0.25) is 0 Å². The van der Waals surface area contributed by atoms with E-state index in [2.05, 4.69) is 5.32 Å². The second-order valence-electron chi connectivity index (χ2n) is 5.15. The molecule has 1 aromatic rings. The first-order valence-corrected chi connectivity index (χ1v) is 6.05. The van der Waals surface area contributed by atoms with Crippen LogP contribution in [-0.4, -0.2) is 20.6 Å². The standard InChI is InChI=1S/C12H20N4O3/c1-5-12(2,3)14-9(17)7-16-10(18)8(13)6-15(4)11(16)19/h6H,5,7,13H2,1-4H3,(H,14,17). The zero-order valence-electron chi connectivity index (χ0n) is 11.7. The molecule has 0 saturated carbocycles. The Morgan fingerprint density at radius 3 is 2.53 bits per heavy atom. The lowest BCUT2D eigenvalue weighted by Gasteiger charge is -2.24.